The van der Waals surface area contributed by atoms with Crippen molar-refractivity contribution in [3.8, 4) is 5.75 Å². The number of rotatable bonds is 3. The summed E-state index contributed by atoms with van der Waals surface area (Å²) < 4.78 is 6.88. The van der Waals surface area contributed by atoms with E-state index < -0.39 is 5.92 Å². The Hall–Kier alpha value is -0.815. The molecule has 0 aromatic heterocycles. The van der Waals surface area contributed by atoms with Crippen molar-refractivity contribution in [1.82, 2.24) is 4.90 Å². The largest absolute Gasteiger partial charge is 0.494 e. The Labute approximate surface area is 148 Å². The minimum Gasteiger partial charge on any atom is -0.494 e. The van der Waals surface area contributed by atoms with Gasteiger partial charge in [-0.2, -0.15) is 0 Å². The van der Waals surface area contributed by atoms with Gasteiger partial charge in [0.15, 0.2) is 0 Å². The van der Waals surface area contributed by atoms with Crippen LogP contribution < -0.4 is 4.74 Å². The topological polar surface area (TPSA) is 46.6 Å². The number of hydrogen-bond donors (Lipinski definition) is 0. The maximum atomic E-state index is 12.5. The molecule has 4 nitrogen and oxygen atoms in total. The summed E-state index contributed by atoms with van der Waals surface area (Å²) in [5.41, 5.74) is 0.925. The molecule has 0 radical (unpaired) electrons. The van der Waals surface area contributed by atoms with Gasteiger partial charge in [-0.25, -0.2) is 0 Å². The van der Waals surface area contributed by atoms with Crippen LogP contribution in [0.1, 0.15) is 12.0 Å². The maximum Gasteiger partial charge on any atom is 0.233 e. The second kappa shape index (κ2) is 7.17. The lowest BCUT2D eigenvalue weighted by Gasteiger charge is -2.20. The smallest absolute Gasteiger partial charge is 0.233 e. The number of nitrogens with zero attached hydrogens (tertiary/aromatic N) is 1. The predicted molar refractivity (Wildman–Crippen MR) is 95.1 cm³/mol. The summed E-state index contributed by atoms with van der Waals surface area (Å²) in [4.78, 5) is 26.6. The first-order valence-corrected chi connectivity index (χ1v) is 8.74. The molecular formula is C15H18BBr2NO3. The van der Waals surface area contributed by atoms with E-state index in [1.54, 1.807) is 19.1 Å². The molecule has 1 aliphatic heterocycles. The van der Waals surface area contributed by atoms with Crippen molar-refractivity contribution in [3.63, 3.8) is 0 Å². The Morgan fingerprint density at radius 3 is 2.45 bits per heavy atom. The standard InChI is InChI=1S/C15H18BBr2NO3/c1-19-4-3-10(16)13(20)9(15(19)21)5-8-6-11(17)14(22-2)12(18)7-8/h6-7,9-10H,3-5,16H2,1-2H3. The van der Waals surface area contributed by atoms with Crippen LogP contribution in [-0.2, 0) is 16.0 Å². The van der Waals surface area contributed by atoms with E-state index in [9.17, 15) is 9.59 Å². The first-order chi connectivity index (χ1) is 10.3. The van der Waals surface area contributed by atoms with E-state index in [0.29, 0.717) is 18.7 Å². The SMILES string of the molecule is BC1CCN(C)C(=O)C(Cc2cc(Br)c(OC)c(Br)c2)C1=O. The average Bonchev–Trinajstić information content (AvgIpc) is 2.55. The van der Waals surface area contributed by atoms with Crippen LogP contribution in [0.15, 0.2) is 21.1 Å². The van der Waals surface area contributed by atoms with Gasteiger partial charge in [0.25, 0.3) is 0 Å². The number of hydrogen-bond acceptors (Lipinski definition) is 3. The van der Waals surface area contributed by atoms with Crippen molar-refractivity contribution >= 4 is 51.4 Å². The third-order valence-electron chi connectivity index (χ3n) is 4.10. The third-order valence-corrected chi connectivity index (χ3v) is 5.28. The number of amides is 1. The summed E-state index contributed by atoms with van der Waals surface area (Å²) in [6, 6.07) is 3.80. The fourth-order valence-electron chi connectivity index (χ4n) is 2.72. The fraction of sp³-hybridized carbons (Fsp3) is 0.467. The highest BCUT2D eigenvalue weighted by Gasteiger charge is 2.35. The lowest BCUT2D eigenvalue weighted by molar-refractivity contribution is -0.138. The molecule has 0 spiro atoms. The molecule has 0 saturated carbocycles. The zero-order chi connectivity index (χ0) is 16.4. The summed E-state index contributed by atoms with van der Waals surface area (Å²) in [5.74, 6) is -0.0266. The fourth-order valence-corrected chi connectivity index (χ4v) is 4.32. The second-order valence-corrected chi connectivity index (χ2v) is 7.41. The molecule has 2 rings (SSSR count). The number of methoxy groups -OCH3 is 1. The third kappa shape index (κ3) is 3.57. The van der Waals surface area contributed by atoms with Crippen LogP contribution in [0, 0.1) is 5.92 Å². The Morgan fingerprint density at radius 2 is 1.91 bits per heavy atom. The van der Waals surface area contributed by atoms with Crippen LogP contribution in [0.25, 0.3) is 0 Å². The van der Waals surface area contributed by atoms with Gasteiger partial charge in [-0.15, -0.1) is 0 Å². The lowest BCUT2D eigenvalue weighted by Crippen LogP contribution is -2.36. The average molecular weight is 431 g/mol. The summed E-state index contributed by atoms with van der Waals surface area (Å²) in [7, 11) is 5.27. The van der Waals surface area contributed by atoms with E-state index >= 15 is 0 Å². The number of likely N-dealkylation sites (tertiary alicyclic amines) is 1. The number of ketones is 1. The Balaban J connectivity index is 2.31. The minimum atomic E-state index is -0.602. The molecule has 118 valence electrons. The Kier molecular flexibility index (Phi) is 5.72. The monoisotopic (exact) mass is 429 g/mol. The quantitative estimate of drug-likeness (QED) is 0.545. The number of halogens is 2. The molecule has 0 bridgehead atoms. The van der Waals surface area contributed by atoms with E-state index in [2.05, 4.69) is 31.9 Å². The molecule has 1 fully saturated rings. The van der Waals surface area contributed by atoms with Gasteiger partial charge in [-0.05, 0) is 68.2 Å². The lowest BCUT2D eigenvalue weighted by atomic mass is 9.76. The number of carbonyl (C=O) groups is 2. The molecule has 1 aromatic carbocycles. The molecule has 7 heteroatoms. The predicted octanol–water partition coefficient (Wildman–Crippen LogP) is 2.23. The van der Waals surface area contributed by atoms with Crippen LogP contribution in [0.3, 0.4) is 0 Å². The van der Waals surface area contributed by atoms with Crippen molar-refractivity contribution < 1.29 is 14.3 Å². The number of carbonyl (C=O) groups excluding carboxylic acids is 2. The van der Waals surface area contributed by atoms with Crippen molar-refractivity contribution in [2.24, 2.45) is 5.92 Å². The van der Waals surface area contributed by atoms with E-state index in [0.717, 1.165) is 20.9 Å². The van der Waals surface area contributed by atoms with Gasteiger partial charge < -0.3 is 9.64 Å². The molecule has 1 heterocycles. The number of benzene rings is 1. The highest BCUT2D eigenvalue weighted by molar-refractivity contribution is 9.11. The minimum absolute atomic E-state index is 0.0393. The van der Waals surface area contributed by atoms with Crippen LogP contribution >= 0.6 is 31.9 Å². The van der Waals surface area contributed by atoms with Crippen LogP contribution in [-0.4, -0.2) is 45.1 Å². The van der Waals surface area contributed by atoms with E-state index in [4.69, 9.17) is 4.74 Å². The summed E-state index contributed by atoms with van der Waals surface area (Å²) in [6.45, 7) is 0.637. The first kappa shape index (κ1) is 17.5. The van der Waals surface area contributed by atoms with Crippen LogP contribution in [0.2, 0.25) is 5.82 Å². The van der Waals surface area contributed by atoms with Gasteiger partial charge in [-0.3, -0.25) is 9.59 Å². The highest BCUT2D eigenvalue weighted by atomic mass is 79.9. The van der Waals surface area contributed by atoms with Gasteiger partial charge in [-0.1, -0.05) is 0 Å². The molecule has 1 aromatic rings. The Bertz CT molecular complexity index is 563. The number of Topliss-reactive ketones (excluding diaryl/α,β-unsaturated/α-hetero) is 1. The zero-order valence-electron chi connectivity index (χ0n) is 12.9. The van der Waals surface area contributed by atoms with Gasteiger partial charge in [0.05, 0.1) is 16.1 Å². The van der Waals surface area contributed by atoms with Crippen molar-refractivity contribution in [2.45, 2.75) is 18.7 Å². The molecule has 0 aliphatic carbocycles. The molecular weight excluding hydrogens is 413 g/mol. The van der Waals surface area contributed by atoms with Crippen LogP contribution in [0.4, 0.5) is 0 Å². The molecule has 1 aliphatic rings. The van der Waals surface area contributed by atoms with Gasteiger partial charge in [0.2, 0.25) is 5.91 Å². The summed E-state index contributed by atoms with van der Waals surface area (Å²) >= 11 is 6.91. The van der Waals surface area contributed by atoms with Crippen molar-refractivity contribution in [2.75, 3.05) is 20.7 Å². The molecule has 1 amide bonds. The zero-order valence-corrected chi connectivity index (χ0v) is 16.0. The van der Waals surface area contributed by atoms with E-state index in [-0.39, 0.29) is 17.5 Å². The molecule has 1 saturated heterocycles. The van der Waals surface area contributed by atoms with Gasteiger partial charge in [0, 0.05) is 13.6 Å². The summed E-state index contributed by atoms with van der Waals surface area (Å²) in [6.07, 6.45) is 1.14. The summed E-state index contributed by atoms with van der Waals surface area (Å²) in [5, 5.41) is 0. The van der Waals surface area contributed by atoms with Gasteiger partial charge in [0.1, 0.15) is 25.3 Å². The number of ether oxygens (including phenoxy) is 1. The first-order valence-electron chi connectivity index (χ1n) is 7.15. The second-order valence-electron chi connectivity index (χ2n) is 5.70. The van der Waals surface area contributed by atoms with Crippen molar-refractivity contribution in [1.29, 1.82) is 0 Å². The van der Waals surface area contributed by atoms with Crippen molar-refractivity contribution in [3.05, 3.63) is 26.6 Å². The molecule has 2 atom stereocenters. The van der Waals surface area contributed by atoms with E-state index in [1.807, 2.05) is 20.0 Å². The highest BCUT2D eigenvalue weighted by Crippen LogP contribution is 2.35. The molecule has 2 unspecified atom stereocenters. The maximum absolute atomic E-state index is 12.5. The molecule has 22 heavy (non-hydrogen) atoms. The van der Waals surface area contributed by atoms with Crippen LogP contribution in [0.5, 0.6) is 5.75 Å². The Morgan fingerprint density at radius 1 is 1.32 bits per heavy atom. The normalized spacial score (nSPS) is 22.6. The van der Waals surface area contributed by atoms with Gasteiger partial charge >= 0.3 is 0 Å². The van der Waals surface area contributed by atoms with E-state index in [1.165, 1.54) is 0 Å². The molecule has 0 N–H and O–H groups in total.